The van der Waals surface area contributed by atoms with Gasteiger partial charge in [-0.3, -0.25) is 19.5 Å². The number of piperazine rings is 1. The fourth-order valence-corrected chi connectivity index (χ4v) is 4.61. The molecule has 4 rings (SSSR count). The van der Waals surface area contributed by atoms with Crippen LogP contribution in [-0.2, 0) is 16.1 Å². The Morgan fingerprint density at radius 2 is 1.88 bits per heavy atom. The molecule has 0 bridgehead atoms. The number of rotatable bonds is 4. The van der Waals surface area contributed by atoms with Gasteiger partial charge in [0.05, 0.1) is 18.2 Å². The molecule has 0 aromatic carbocycles. The van der Waals surface area contributed by atoms with Gasteiger partial charge in [0.2, 0.25) is 11.8 Å². The van der Waals surface area contributed by atoms with Crippen LogP contribution in [-0.4, -0.2) is 70.3 Å². The van der Waals surface area contributed by atoms with Crippen molar-refractivity contribution >= 4 is 11.8 Å². The van der Waals surface area contributed by atoms with Crippen LogP contribution in [0.3, 0.4) is 0 Å². The summed E-state index contributed by atoms with van der Waals surface area (Å²) in [5, 5.41) is 0. The van der Waals surface area contributed by atoms with Crippen molar-refractivity contribution in [3.63, 3.8) is 0 Å². The van der Waals surface area contributed by atoms with Gasteiger partial charge in [0.1, 0.15) is 0 Å². The molecule has 1 aliphatic carbocycles. The molecule has 0 unspecified atom stereocenters. The Labute approximate surface area is 155 Å². The Kier molecular flexibility index (Phi) is 5.20. The lowest BCUT2D eigenvalue weighted by Crippen LogP contribution is -2.52. The van der Waals surface area contributed by atoms with E-state index in [1.54, 1.807) is 11.1 Å². The smallest absolute Gasteiger partial charge is 0.228 e. The highest BCUT2D eigenvalue weighted by atomic mass is 16.2. The first-order valence-corrected chi connectivity index (χ1v) is 9.91. The van der Waals surface area contributed by atoms with Crippen molar-refractivity contribution in [2.24, 2.45) is 5.92 Å². The Hall–Kier alpha value is -1.95. The number of nitrogens with zero attached hydrogens (tertiary/aromatic N) is 4. The lowest BCUT2D eigenvalue weighted by molar-refractivity contribution is -0.137. The molecule has 3 heterocycles. The summed E-state index contributed by atoms with van der Waals surface area (Å²) in [6.07, 6.45) is 7.40. The first-order valence-electron chi connectivity index (χ1n) is 9.91. The van der Waals surface area contributed by atoms with Crippen LogP contribution in [0.2, 0.25) is 0 Å². The van der Waals surface area contributed by atoms with Crippen LogP contribution in [0.1, 0.15) is 37.8 Å². The van der Waals surface area contributed by atoms with Crippen LogP contribution < -0.4 is 0 Å². The standard InChI is InChI=1S/C20H28N4O2/c25-19-13-16(14-24(19)15-17-5-3-4-8-21-17)20(26)23-11-9-22(10-12-23)18-6-1-2-7-18/h3-5,8,16,18H,1-2,6-7,9-15H2/t16-/m0/s1. The van der Waals surface area contributed by atoms with Gasteiger partial charge in [-0.05, 0) is 25.0 Å². The number of hydrogen-bond donors (Lipinski definition) is 0. The third-order valence-corrected chi connectivity index (χ3v) is 6.11. The van der Waals surface area contributed by atoms with Crippen LogP contribution in [0.25, 0.3) is 0 Å². The maximum atomic E-state index is 12.9. The first-order chi connectivity index (χ1) is 12.7. The van der Waals surface area contributed by atoms with Crippen LogP contribution in [0.5, 0.6) is 0 Å². The zero-order valence-corrected chi connectivity index (χ0v) is 15.3. The van der Waals surface area contributed by atoms with Gasteiger partial charge < -0.3 is 9.80 Å². The Bertz CT molecular complexity index is 636. The number of likely N-dealkylation sites (tertiary alicyclic amines) is 1. The monoisotopic (exact) mass is 356 g/mol. The molecular weight excluding hydrogens is 328 g/mol. The second kappa shape index (κ2) is 7.74. The zero-order chi connectivity index (χ0) is 17.9. The molecule has 3 aliphatic rings. The summed E-state index contributed by atoms with van der Waals surface area (Å²) >= 11 is 0. The molecule has 140 valence electrons. The average molecular weight is 356 g/mol. The molecule has 0 spiro atoms. The van der Waals surface area contributed by atoms with Crippen molar-refractivity contribution in [3.8, 4) is 0 Å². The van der Waals surface area contributed by atoms with Crippen molar-refractivity contribution in [3.05, 3.63) is 30.1 Å². The van der Waals surface area contributed by atoms with E-state index in [9.17, 15) is 9.59 Å². The Balaban J connectivity index is 1.29. The SMILES string of the molecule is O=C1C[C@H](C(=O)N2CCN(C3CCCC3)CC2)CN1Cc1ccccn1. The second-order valence-electron chi connectivity index (χ2n) is 7.80. The minimum Gasteiger partial charge on any atom is -0.340 e. The van der Waals surface area contributed by atoms with Gasteiger partial charge in [-0.15, -0.1) is 0 Å². The molecule has 1 aromatic rings. The van der Waals surface area contributed by atoms with Gasteiger partial charge in [0.15, 0.2) is 0 Å². The molecule has 6 heteroatoms. The predicted octanol–water partition coefficient (Wildman–Crippen LogP) is 1.52. The van der Waals surface area contributed by atoms with E-state index in [1.807, 2.05) is 23.1 Å². The molecule has 1 saturated carbocycles. The number of aromatic nitrogens is 1. The fraction of sp³-hybridized carbons (Fsp3) is 0.650. The number of carbonyl (C=O) groups excluding carboxylic acids is 2. The summed E-state index contributed by atoms with van der Waals surface area (Å²) < 4.78 is 0. The molecule has 2 saturated heterocycles. The number of carbonyl (C=O) groups is 2. The van der Waals surface area contributed by atoms with Crippen molar-refractivity contribution in [1.82, 2.24) is 19.7 Å². The number of hydrogen-bond acceptors (Lipinski definition) is 4. The van der Waals surface area contributed by atoms with Gasteiger partial charge in [0.25, 0.3) is 0 Å². The third-order valence-electron chi connectivity index (χ3n) is 6.11. The maximum absolute atomic E-state index is 12.9. The van der Waals surface area contributed by atoms with E-state index in [1.165, 1.54) is 25.7 Å². The summed E-state index contributed by atoms with van der Waals surface area (Å²) in [5.41, 5.74) is 0.874. The fourth-order valence-electron chi connectivity index (χ4n) is 4.61. The number of amides is 2. The third kappa shape index (κ3) is 3.75. The molecule has 1 atom stereocenters. The molecule has 0 N–H and O–H groups in total. The van der Waals surface area contributed by atoms with Crippen LogP contribution in [0.15, 0.2) is 24.4 Å². The normalized spacial score (nSPS) is 25.2. The van der Waals surface area contributed by atoms with Gasteiger partial charge in [-0.1, -0.05) is 18.9 Å². The molecule has 26 heavy (non-hydrogen) atoms. The molecule has 2 aliphatic heterocycles. The summed E-state index contributed by atoms with van der Waals surface area (Å²) in [6.45, 7) is 4.60. The van der Waals surface area contributed by atoms with E-state index < -0.39 is 0 Å². The molecular formula is C20H28N4O2. The van der Waals surface area contributed by atoms with E-state index in [-0.39, 0.29) is 17.7 Å². The van der Waals surface area contributed by atoms with Crippen molar-refractivity contribution < 1.29 is 9.59 Å². The van der Waals surface area contributed by atoms with Gasteiger partial charge >= 0.3 is 0 Å². The van der Waals surface area contributed by atoms with Crippen molar-refractivity contribution in [1.29, 1.82) is 0 Å². The summed E-state index contributed by atoms with van der Waals surface area (Å²) in [4.78, 5) is 35.8. The van der Waals surface area contributed by atoms with Crippen LogP contribution in [0.4, 0.5) is 0 Å². The zero-order valence-electron chi connectivity index (χ0n) is 15.3. The quantitative estimate of drug-likeness (QED) is 0.821. The molecule has 6 nitrogen and oxygen atoms in total. The van der Waals surface area contributed by atoms with Gasteiger partial charge in [0, 0.05) is 51.4 Å². The van der Waals surface area contributed by atoms with E-state index in [0.29, 0.717) is 19.5 Å². The second-order valence-corrected chi connectivity index (χ2v) is 7.80. The molecule has 2 amide bonds. The minimum absolute atomic E-state index is 0.0681. The van der Waals surface area contributed by atoms with Crippen LogP contribution in [0, 0.1) is 5.92 Å². The highest BCUT2D eigenvalue weighted by Gasteiger charge is 2.38. The van der Waals surface area contributed by atoms with Crippen molar-refractivity contribution in [2.75, 3.05) is 32.7 Å². The van der Waals surface area contributed by atoms with E-state index in [2.05, 4.69) is 9.88 Å². The molecule has 0 radical (unpaired) electrons. The number of pyridine rings is 1. The predicted molar refractivity (Wildman–Crippen MR) is 98.2 cm³/mol. The Morgan fingerprint density at radius 1 is 1.12 bits per heavy atom. The lowest BCUT2D eigenvalue weighted by atomic mass is 10.1. The maximum Gasteiger partial charge on any atom is 0.228 e. The van der Waals surface area contributed by atoms with Gasteiger partial charge in [-0.25, -0.2) is 0 Å². The minimum atomic E-state index is -0.191. The van der Waals surface area contributed by atoms with E-state index in [0.717, 1.165) is 37.9 Å². The summed E-state index contributed by atoms with van der Waals surface area (Å²) in [5.74, 6) is 0.0378. The summed E-state index contributed by atoms with van der Waals surface area (Å²) in [6, 6.07) is 6.45. The Morgan fingerprint density at radius 3 is 2.58 bits per heavy atom. The van der Waals surface area contributed by atoms with Crippen LogP contribution >= 0.6 is 0 Å². The van der Waals surface area contributed by atoms with Gasteiger partial charge in [-0.2, -0.15) is 0 Å². The van der Waals surface area contributed by atoms with E-state index in [4.69, 9.17) is 0 Å². The first kappa shape index (κ1) is 17.5. The highest BCUT2D eigenvalue weighted by molar-refractivity contribution is 5.89. The van der Waals surface area contributed by atoms with E-state index >= 15 is 0 Å². The largest absolute Gasteiger partial charge is 0.340 e. The molecule has 1 aromatic heterocycles. The average Bonchev–Trinajstić information content (AvgIpc) is 3.33. The summed E-state index contributed by atoms with van der Waals surface area (Å²) in [7, 11) is 0. The molecule has 3 fully saturated rings. The van der Waals surface area contributed by atoms with Crippen molar-refractivity contribution in [2.45, 2.75) is 44.7 Å². The highest BCUT2D eigenvalue weighted by Crippen LogP contribution is 2.26. The lowest BCUT2D eigenvalue weighted by Gasteiger charge is -2.38. The topological polar surface area (TPSA) is 56.8 Å².